The number of benzene rings is 2. The lowest BCUT2D eigenvalue weighted by molar-refractivity contribution is -0.173. The van der Waals surface area contributed by atoms with Crippen molar-refractivity contribution >= 4 is 23.3 Å². The summed E-state index contributed by atoms with van der Waals surface area (Å²) in [5.41, 5.74) is 1.10. The molecule has 0 saturated carbocycles. The fourth-order valence-corrected chi connectivity index (χ4v) is 4.15. The Hall–Kier alpha value is -3.40. The molecule has 0 aliphatic carbocycles. The third-order valence-corrected chi connectivity index (χ3v) is 5.97. The van der Waals surface area contributed by atoms with Gasteiger partial charge in [0.25, 0.3) is 5.91 Å². The van der Waals surface area contributed by atoms with Crippen molar-refractivity contribution < 1.29 is 27.4 Å². The van der Waals surface area contributed by atoms with E-state index in [1.165, 1.54) is 14.2 Å². The number of aromatic nitrogens is 2. The Morgan fingerprint density at radius 2 is 1.88 bits per heavy atom. The molecule has 2 heterocycles. The molecule has 1 aliphatic rings. The summed E-state index contributed by atoms with van der Waals surface area (Å²) in [4.78, 5) is 12.7. The van der Waals surface area contributed by atoms with Crippen molar-refractivity contribution in [3.63, 3.8) is 0 Å². The fraction of sp³-hybridized carbons (Fsp3) is 0.304. The molecule has 2 atom stereocenters. The summed E-state index contributed by atoms with van der Waals surface area (Å²) in [6.07, 6.45) is -4.96. The Labute approximate surface area is 198 Å². The number of carbonyl (C=O) groups is 1. The quantitative estimate of drug-likeness (QED) is 0.496. The number of nitrogens with zero attached hydrogens (tertiary/aromatic N) is 2. The lowest BCUT2D eigenvalue weighted by Crippen LogP contribution is -2.36. The molecule has 2 N–H and O–H groups in total. The zero-order valence-electron chi connectivity index (χ0n) is 18.3. The molecule has 0 saturated heterocycles. The van der Waals surface area contributed by atoms with Crippen LogP contribution in [0.5, 0.6) is 11.5 Å². The summed E-state index contributed by atoms with van der Waals surface area (Å²) >= 11 is 6.37. The third-order valence-electron chi connectivity index (χ3n) is 5.62. The van der Waals surface area contributed by atoms with E-state index < -0.39 is 24.2 Å². The topological polar surface area (TPSA) is 77.4 Å². The molecule has 1 aliphatic heterocycles. The molecule has 7 nitrogen and oxygen atoms in total. The van der Waals surface area contributed by atoms with E-state index in [4.69, 9.17) is 21.1 Å². The van der Waals surface area contributed by atoms with Gasteiger partial charge in [-0.2, -0.15) is 18.3 Å². The van der Waals surface area contributed by atoms with Crippen LogP contribution in [-0.2, 0) is 6.54 Å². The predicted octanol–water partition coefficient (Wildman–Crippen LogP) is 5.14. The molecule has 1 amide bonds. The Morgan fingerprint density at radius 3 is 2.53 bits per heavy atom. The predicted molar refractivity (Wildman–Crippen MR) is 120 cm³/mol. The van der Waals surface area contributed by atoms with Gasteiger partial charge in [-0.15, -0.1) is 0 Å². The molecule has 11 heteroatoms. The zero-order chi connectivity index (χ0) is 24.5. The van der Waals surface area contributed by atoms with Gasteiger partial charge in [0, 0.05) is 13.0 Å². The molecule has 180 valence electrons. The number of alkyl halides is 3. The first-order chi connectivity index (χ1) is 16.2. The normalized spacial score (nSPS) is 17.5. The van der Waals surface area contributed by atoms with E-state index in [0.717, 1.165) is 10.2 Å². The second-order valence-electron chi connectivity index (χ2n) is 7.73. The van der Waals surface area contributed by atoms with Crippen LogP contribution in [0.1, 0.15) is 40.1 Å². The Kier molecular flexibility index (Phi) is 6.60. The number of methoxy groups -OCH3 is 2. The number of hydrogen-bond donors (Lipinski definition) is 2. The van der Waals surface area contributed by atoms with Gasteiger partial charge in [-0.3, -0.25) is 4.79 Å². The summed E-state index contributed by atoms with van der Waals surface area (Å²) in [6.45, 7) is 0.183. The van der Waals surface area contributed by atoms with Crippen LogP contribution < -0.4 is 20.1 Å². The van der Waals surface area contributed by atoms with Crippen molar-refractivity contribution in [2.75, 3.05) is 19.5 Å². The molecule has 0 spiro atoms. The average Bonchev–Trinajstić information content (AvgIpc) is 3.17. The number of halogens is 4. The molecule has 4 rings (SSSR count). The summed E-state index contributed by atoms with van der Waals surface area (Å²) in [5, 5.41) is 9.43. The van der Waals surface area contributed by atoms with Gasteiger partial charge in [0.15, 0.2) is 23.2 Å². The van der Waals surface area contributed by atoms with Crippen molar-refractivity contribution in [3.8, 4) is 11.5 Å². The van der Waals surface area contributed by atoms with Crippen LogP contribution in [0.2, 0.25) is 5.02 Å². The summed E-state index contributed by atoms with van der Waals surface area (Å²) < 4.78 is 53.3. The van der Waals surface area contributed by atoms with Crippen molar-refractivity contribution in [2.24, 2.45) is 0 Å². The summed E-state index contributed by atoms with van der Waals surface area (Å²) in [6, 6.07) is 11.2. The number of amides is 1. The number of carbonyl (C=O) groups excluding carboxylic acids is 1. The second-order valence-corrected chi connectivity index (χ2v) is 8.11. The SMILES string of the molecule is COc1ccc(C2CC(C(F)(F)F)n3nc(C(=O)NCc4ccccc4)c(Cl)c3N2)cc1OC. The van der Waals surface area contributed by atoms with Crippen molar-refractivity contribution in [1.82, 2.24) is 15.1 Å². The van der Waals surface area contributed by atoms with Crippen LogP contribution in [0.15, 0.2) is 48.5 Å². The first kappa shape index (κ1) is 23.7. The highest BCUT2D eigenvalue weighted by Gasteiger charge is 2.48. The van der Waals surface area contributed by atoms with E-state index in [0.29, 0.717) is 17.1 Å². The minimum Gasteiger partial charge on any atom is -0.493 e. The number of fused-ring (bicyclic) bond motifs is 1. The van der Waals surface area contributed by atoms with Gasteiger partial charge in [-0.1, -0.05) is 48.0 Å². The number of hydrogen-bond acceptors (Lipinski definition) is 5. The lowest BCUT2D eigenvalue weighted by Gasteiger charge is -2.33. The number of rotatable bonds is 6. The molecular weight excluding hydrogens is 473 g/mol. The molecule has 34 heavy (non-hydrogen) atoms. The van der Waals surface area contributed by atoms with Gasteiger partial charge in [0.05, 0.1) is 20.3 Å². The average molecular weight is 495 g/mol. The van der Waals surface area contributed by atoms with Crippen LogP contribution in [0.25, 0.3) is 0 Å². The highest BCUT2D eigenvalue weighted by atomic mass is 35.5. The summed E-state index contributed by atoms with van der Waals surface area (Å²) in [7, 11) is 2.92. The van der Waals surface area contributed by atoms with Crippen LogP contribution in [0.4, 0.5) is 19.0 Å². The van der Waals surface area contributed by atoms with Crippen LogP contribution >= 0.6 is 11.6 Å². The molecular formula is C23H22ClF3N4O3. The third kappa shape index (κ3) is 4.63. The number of anilines is 1. The molecule has 0 bridgehead atoms. The molecule has 0 fully saturated rings. The highest BCUT2D eigenvalue weighted by Crippen LogP contribution is 2.47. The van der Waals surface area contributed by atoms with Gasteiger partial charge in [-0.25, -0.2) is 4.68 Å². The maximum absolute atomic E-state index is 14.0. The van der Waals surface area contributed by atoms with Gasteiger partial charge in [0.1, 0.15) is 10.8 Å². The Balaban J connectivity index is 1.65. The lowest BCUT2D eigenvalue weighted by atomic mass is 9.96. The number of nitrogens with one attached hydrogen (secondary N) is 2. The van der Waals surface area contributed by atoms with Crippen LogP contribution in [0.3, 0.4) is 0 Å². The standard InChI is InChI=1S/C23H22ClF3N4O3/c1-33-16-9-8-14(10-17(16)34-2)15-11-18(23(25,26)27)31-21(29-15)19(24)20(30-31)22(32)28-12-13-6-4-3-5-7-13/h3-10,15,18,29H,11-12H2,1-2H3,(H,28,32). The van der Waals surface area contributed by atoms with Gasteiger partial charge in [-0.05, 0) is 23.3 Å². The van der Waals surface area contributed by atoms with E-state index in [2.05, 4.69) is 15.7 Å². The molecule has 1 aromatic heterocycles. The van der Waals surface area contributed by atoms with E-state index in [1.807, 2.05) is 30.3 Å². The monoisotopic (exact) mass is 494 g/mol. The Bertz CT molecular complexity index is 1180. The molecule has 2 unspecified atom stereocenters. The molecule has 2 aromatic carbocycles. The van der Waals surface area contributed by atoms with E-state index >= 15 is 0 Å². The fourth-order valence-electron chi connectivity index (χ4n) is 3.88. The minimum absolute atomic E-state index is 0.0695. The van der Waals surface area contributed by atoms with E-state index in [9.17, 15) is 18.0 Å². The maximum Gasteiger partial charge on any atom is 0.410 e. The highest BCUT2D eigenvalue weighted by molar-refractivity contribution is 6.36. The van der Waals surface area contributed by atoms with E-state index in [-0.39, 0.29) is 29.5 Å². The number of ether oxygens (including phenoxy) is 2. The zero-order valence-corrected chi connectivity index (χ0v) is 19.1. The van der Waals surface area contributed by atoms with Crippen LogP contribution in [0, 0.1) is 0 Å². The van der Waals surface area contributed by atoms with Crippen molar-refractivity contribution in [3.05, 3.63) is 70.4 Å². The minimum atomic E-state index is -4.61. The second kappa shape index (κ2) is 9.46. The van der Waals surface area contributed by atoms with Crippen molar-refractivity contribution in [1.29, 1.82) is 0 Å². The van der Waals surface area contributed by atoms with Gasteiger partial charge < -0.3 is 20.1 Å². The smallest absolute Gasteiger partial charge is 0.410 e. The molecule has 3 aromatic rings. The first-order valence-corrected chi connectivity index (χ1v) is 10.8. The Morgan fingerprint density at radius 1 is 1.18 bits per heavy atom. The van der Waals surface area contributed by atoms with E-state index in [1.54, 1.807) is 18.2 Å². The van der Waals surface area contributed by atoms with Gasteiger partial charge in [0.2, 0.25) is 0 Å². The first-order valence-electron chi connectivity index (χ1n) is 10.4. The maximum atomic E-state index is 14.0. The van der Waals surface area contributed by atoms with Crippen molar-refractivity contribution in [2.45, 2.75) is 31.2 Å². The molecule has 0 radical (unpaired) electrons. The van der Waals surface area contributed by atoms with Crippen LogP contribution in [-0.4, -0.2) is 36.1 Å². The summed E-state index contributed by atoms with van der Waals surface area (Å²) in [5.74, 6) is 0.104. The largest absolute Gasteiger partial charge is 0.493 e. The van der Waals surface area contributed by atoms with Gasteiger partial charge >= 0.3 is 6.18 Å².